The zero-order chi connectivity index (χ0) is 18.7. The summed E-state index contributed by atoms with van der Waals surface area (Å²) < 4.78 is 11.9. The van der Waals surface area contributed by atoms with Crippen molar-refractivity contribution < 1.29 is 9.47 Å². The molecule has 0 heterocycles. The van der Waals surface area contributed by atoms with E-state index in [9.17, 15) is 0 Å². The van der Waals surface area contributed by atoms with Gasteiger partial charge in [0.2, 0.25) is 0 Å². The van der Waals surface area contributed by atoms with E-state index in [0.29, 0.717) is 19.1 Å². The van der Waals surface area contributed by atoms with Crippen molar-refractivity contribution in [2.45, 2.75) is 24.8 Å². The molecule has 2 nitrogen and oxygen atoms in total. The first-order valence-electron chi connectivity index (χ1n) is 9.25. The van der Waals surface area contributed by atoms with Crippen molar-refractivity contribution in [2.24, 2.45) is 5.41 Å². The summed E-state index contributed by atoms with van der Waals surface area (Å²) in [7, 11) is 0. The van der Waals surface area contributed by atoms with E-state index in [1.807, 2.05) is 54.6 Å². The predicted octanol–water partition coefficient (Wildman–Crippen LogP) is 6.41. The molecule has 0 aromatic heterocycles. The maximum absolute atomic E-state index is 6.59. The molecule has 3 heteroatoms. The Hall–Kier alpha value is -2.29. The minimum atomic E-state index is -0.0128. The largest absolute Gasteiger partial charge is 0.457 e. The predicted molar refractivity (Wildman–Crippen MR) is 110 cm³/mol. The van der Waals surface area contributed by atoms with E-state index < -0.39 is 0 Å². The zero-order valence-corrected chi connectivity index (χ0v) is 16.1. The number of alkyl halides is 1. The van der Waals surface area contributed by atoms with E-state index in [1.54, 1.807) is 0 Å². The zero-order valence-electron chi connectivity index (χ0n) is 15.3. The first-order chi connectivity index (χ1) is 13.2. The summed E-state index contributed by atoms with van der Waals surface area (Å²) >= 11 is 6.59. The molecule has 0 bridgehead atoms. The molecule has 0 amide bonds. The van der Waals surface area contributed by atoms with E-state index in [4.69, 9.17) is 21.1 Å². The smallest absolute Gasteiger partial charge is 0.127 e. The van der Waals surface area contributed by atoms with Gasteiger partial charge in [-0.1, -0.05) is 67.6 Å². The molecule has 138 valence electrons. The Labute approximate surface area is 165 Å². The van der Waals surface area contributed by atoms with Gasteiger partial charge in [0.05, 0.1) is 13.2 Å². The molecule has 4 rings (SSSR count). The van der Waals surface area contributed by atoms with Crippen LogP contribution in [0.15, 0.2) is 84.9 Å². The lowest BCUT2D eigenvalue weighted by atomic mass is 10.0. The highest BCUT2D eigenvalue weighted by atomic mass is 35.5. The van der Waals surface area contributed by atoms with Crippen molar-refractivity contribution in [1.82, 2.24) is 0 Å². The Morgan fingerprint density at radius 2 is 1.52 bits per heavy atom. The lowest BCUT2D eigenvalue weighted by Gasteiger charge is -2.13. The van der Waals surface area contributed by atoms with Gasteiger partial charge >= 0.3 is 0 Å². The van der Waals surface area contributed by atoms with Gasteiger partial charge in [-0.3, -0.25) is 0 Å². The molecule has 0 unspecified atom stereocenters. The van der Waals surface area contributed by atoms with Crippen molar-refractivity contribution in [1.29, 1.82) is 0 Å². The quantitative estimate of drug-likeness (QED) is 0.442. The van der Waals surface area contributed by atoms with Crippen LogP contribution >= 0.6 is 11.6 Å². The van der Waals surface area contributed by atoms with E-state index >= 15 is 0 Å². The summed E-state index contributed by atoms with van der Waals surface area (Å²) in [5.41, 5.74) is 2.37. The minimum Gasteiger partial charge on any atom is -0.457 e. The molecule has 0 saturated heterocycles. The highest BCUT2D eigenvalue weighted by Crippen LogP contribution is 2.62. The Balaban J connectivity index is 1.34. The summed E-state index contributed by atoms with van der Waals surface area (Å²) in [6.45, 7) is 3.40. The number of ether oxygens (including phenoxy) is 2. The van der Waals surface area contributed by atoms with Gasteiger partial charge in [0.15, 0.2) is 0 Å². The number of benzene rings is 3. The van der Waals surface area contributed by atoms with Crippen molar-refractivity contribution >= 4 is 11.6 Å². The third-order valence-electron chi connectivity index (χ3n) is 5.24. The Morgan fingerprint density at radius 3 is 2.26 bits per heavy atom. The number of halogens is 1. The molecule has 3 aromatic carbocycles. The molecule has 1 fully saturated rings. The van der Waals surface area contributed by atoms with Crippen LogP contribution in [0.25, 0.3) is 0 Å². The van der Waals surface area contributed by atoms with Crippen LogP contribution in [-0.2, 0) is 11.3 Å². The van der Waals surface area contributed by atoms with Gasteiger partial charge in [0.25, 0.3) is 0 Å². The van der Waals surface area contributed by atoms with Crippen LogP contribution in [0.4, 0.5) is 0 Å². The topological polar surface area (TPSA) is 18.5 Å². The summed E-state index contributed by atoms with van der Waals surface area (Å²) in [6.07, 6.45) is 0. The molecule has 0 aliphatic heterocycles. The number of hydrogen-bond donors (Lipinski definition) is 0. The average molecular weight is 379 g/mol. The van der Waals surface area contributed by atoms with Gasteiger partial charge in [-0.15, -0.1) is 11.6 Å². The Morgan fingerprint density at radius 1 is 0.852 bits per heavy atom. The molecular weight excluding hydrogens is 356 g/mol. The van der Waals surface area contributed by atoms with Gasteiger partial charge in [0.1, 0.15) is 11.5 Å². The summed E-state index contributed by atoms with van der Waals surface area (Å²) in [6, 6.07) is 28.3. The first kappa shape index (κ1) is 18.1. The van der Waals surface area contributed by atoms with Crippen molar-refractivity contribution in [3.8, 4) is 11.5 Å². The van der Waals surface area contributed by atoms with E-state index in [0.717, 1.165) is 17.1 Å². The highest BCUT2D eigenvalue weighted by molar-refractivity contribution is 6.24. The summed E-state index contributed by atoms with van der Waals surface area (Å²) in [4.78, 5) is 0. The van der Waals surface area contributed by atoms with Crippen molar-refractivity contribution in [3.63, 3.8) is 0 Å². The molecule has 0 radical (unpaired) electrons. The van der Waals surface area contributed by atoms with Crippen molar-refractivity contribution in [3.05, 3.63) is 96.1 Å². The standard InChI is InChI=1S/C24H23ClO2/c1-24(22(23(24)25)19-10-4-2-5-11-19)17-26-16-18-9-8-14-21(15-18)27-20-12-6-3-7-13-20/h2-15,22-23H,16-17H2,1H3/t22-,23+,24-/m1/s1. The van der Waals surface area contributed by atoms with Crippen LogP contribution < -0.4 is 4.74 Å². The van der Waals surface area contributed by atoms with E-state index in [-0.39, 0.29) is 10.8 Å². The van der Waals surface area contributed by atoms with Crippen LogP contribution in [0.1, 0.15) is 24.0 Å². The minimum absolute atomic E-state index is 0.0128. The third kappa shape index (κ3) is 4.02. The van der Waals surface area contributed by atoms with Gasteiger partial charge < -0.3 is 9.47 Å². The summed E-state index contributed by atoms with van der Waals surface area (Å²) in [5.74, 6) is 2.00. The number of para-hydroxylation sites is 1. The van der Waals surface area contributed by atoms with Gasteiger partial charge in [-0.05, 0) is 35.4 Å². The molecule has 1 saturated carbocycles. The maximum Gasteiger partial charge on any atom is 0.127 e. The Bertz CT molecular complexity index is 881. The maximum atomic E-state index is 6.59. The first-order valence-corrected chi connectivity index (χ1v) is 9.69. The monoisotopic (exact) mass is 378 g/mol. The fraction of sp³-hybridized carbons (Fsp3) is 0.250. The SMILES string of the molecule is C[C@@]1(COCc2cccc(Oc3ccccc3)c2)[C@H](c2ccccc2)[C@@H]1Cl. The second-order valence-corrected chi connectivity index (χ2v) is 7.82. The normalized spacial score (nSPS) is 23.8. The molecule has 3 atom stereocenters. The van der Waals surface area contributed by atoms with Crippen LogP contribution in [-0.4, -0.2) is 12.0 Å². The molecule has 3 aromatic rings. The second kappa shape index (κ2) is 7.75. The van der Waals surface area contributed by atoms with Gasteiger partial charge in [-0.25, -0.2) is 0 Å². The average Bonchev–Trinajstić information content (AvgIpc) is 3.24. The molecule has 0 N–H and O–H groups in total. The van der Waals surface area contributed by atoms with Crippen LogP contribution in [0.3, 0.4) is 0 Å². The fourth-order valence-corrected chi connectivity index (χ4v) is 4.16. The van der Waals surface area contributed by atoms with E-state index in [2.05, 4.69) is 37.3 Å². The summed E-state index contributed by atoms with van der Waals surface area (Å²) in [5, 5.41) is 0.118. The lowest BCUT2D eigenvalue weighted by molar-refractivity contribution is 0.0823. The Kier molecular flexibility index (Phi) is 5.20. The lowest BCUT2D eigenvalue weighted by Crippen LogP contribution is -2.10. The third-order valence-corrected chi connectivity index (χ3v) is 5.99. The molecule has 27 heavy (non-hydrogen) atoms. The number of hydrogen-bond acceptors (Lipinski definition) is 2. The van der Waals surface area contributed by atoms with E-state index in [1.165, 1.54) is 5.56 Å². The molecule has 0 spiro atoms. The molecule has 1 aliphatic carbocycles. The van der Waals surface area contributed by atoms with Crippen LogP contribution in [0, 0.1) is 5.41 Å². The highest BCUT2D eigenvalue weighted by Gasteiger charge is 2.61. The van der Waals surface area contributed by atoms with Crippen LogP contribution in [0.5, 0.6) is 11.5 Å². The van der Waals surface area contributed by atoms with Gasteiger partial charge in [-0.2, -0.15) is 0 Å². The van der Waals surface area contributed by atoms with Crippen molar-refractivity contribution in [2.75, 3.05) is 6.61 Å². The van der Waals surface area contributed by atoms with Crippen LogP contribution in [0.2, 0.25) is 0 Å². The molecule has 1 aliphatic rings. The van der Waals surface area contributed by atoms with Gasteiger partial charge in [0, 0.05) is 16.7 Å². The fourth-order valence-electron chi connectivity index (χ4n) is 3.60. The molecular formula is C24H23ClO2. The number of rotatable bonds is 7. The second-order valence-electron chi connectivity index (χ2n) is 7.35.